The van der Waals surface area contributed by atoms with Crippen LogP contribution in [-0.4, -0.2) is 17.1 Å². The summed E-state index contributed by atoms with van der Waals surface area (Å²) in [5.74, 6) is 0.925. The van der Waals surface area contributed by atoms with Crippen molar-refractivity contribution in [2.24, 2.45) is 0 Å². The van der Waals surface area contributed by atoms with Crippen molar-refractivity contribution in [3.63, 3.8) is 0 Å². The van der Waals surface area contributed by atoms with Crippen LogP contribution >= 0.6 is 0 Å². The number of nitrogens with zero attached hydrogens (tertiary/aromatic N) is 3. The van der Waals surface area contributed by atoms with E-state index in [-0.39, 0.29) is 5.82 Å². The first kappa shape index (κ1) is 15.5. The molecular formula is C19H16N4O. The summed E-state index contributed by atoms with van der Waals surface area (Å²) in [5.41, 5.74) is 10.3. The van der Waals surface area contributed by atoms with E-state index in [4.69, 9.17) is 10.5 Å². The third-order valence-electron chi connectivity index (χ3n) is 3.84. The molecule has 1 aromatic carbocycles. The third kappa shape index (κ3) is 2.55. The lowest BCUT2D eigenvalue weighted by Crippen LogP contribution is -2.04. The molecule has 24 heavy (non-hydrogen) atoms. The minimum atomic E-state index is 0.215. The van der Waals surface area contributed by atoms with Gasteiger partial charge in [-0.05, 0) is 19.1 Å². The van der Waals surface area contributed by atoms with Gasteiger partial charge in [-0.3, -0.25) is 4.98 Å². The van der Waals surface area contributed by atoms with Gasteiger partial charge in [0.1, 0.15) is 23.2 Å². The van der Waals surface area contributed by atoms with Gasteiger partial charge in [0.2, 0.25) is 0 Å². The fourth-order valence-electron chi connectivity index (χ4n) is 2.82. The molecule has 0 amide bonds. The average molecular weight is 316 g/mol. The molecule has 3 rings (SSSR count). The van der Waals surface area contributed by atoms with Crippen LogP contribution in [0.1, 0.15) is 11.3 Å². The molecule has 5 heteroatoms. The number of nitrogen functional groups attached to an aromatic ring is 1. The van der Waals surface area contributed by atoms with E-state index in [1.54, 1.807) is 19.5 Å². The van der Waals surface area contributed by atoms with Crippen molar-refractivity contribution in [3.8, 4) is 34.1 Å². The summed E-state index contributed by atoms with van der Waals surface area (Å²) in [4.78, 5) is 8.53. The van der Waals surface area contributed by atoms with Crippen molar-refractivity contribution in [3.05, 3.63) is 60.0 Å². The molecule has 3 aromatic rings. The maximum atomic E-state index is 9.63. The van der Waals surface area contributed by atoms with Crippen molar-refractivity contribution in [1.82, 2.24) is 9.97 Å². The molecule has 0 saturated heterocycles. The van der Waals surface area contributed by atoms with Crippen molar-refractivity contribution in [2.75, 3.05) is 12.8 Å². The fraction of sp³-hybridized carbons (Fsp3) is 0.105. The number of anilines is 1. The quantitative estimate of drug-likeness (QED) is 0.798. The Morgan fingerprint density at radius 3 is 2.58 bits per heavy atom. The highest BCUT2D eigenvalue weighted by Gasteiger charge is 2.21. The molecule has 0 aliphatic rings. The Hall–Kier alpha value is -3.39. The Labute approximate surface area is 140 Å². The highest BCUT2D eigenvalue weighted by Crippen LogP contribution is 2.41. The molecular weight excluding hydrogens is 300 g/mol. The predicted octanol–water partition coefficient (Wildman–Crippen LogP) is 3.58. The number of nitriles is 1. The molecule has 0 radical (unpaired) electrons. The van der Waals surface area contributed by atoms with E-state index in [0.717, 1.165) is 27.9 Å². The Kier molecular flexibility index (Phi) is 4.13. The number of rotatable bonds is 3. The number of aryl methyl sites for hydroxylation is 1. The summed E-state index contributed by atoms with van der Waals surface area (Å²) in [6, 6.07) is 13.6. The smallest absolute Gasteiger partial charge is 0.142 e. The summed E-state index contributed by atoms with van der Waals surface area (Å²) in [5, 5.41) is 9.63. The van der Waals surface area contributed by atoms with Crippen molar-refractivity contribution in [1.29, 1.82) is 5.26 Å². The Morgan fingerprint density at radius 1 is 1.12 bits per heavy atom. The number of hydrogen-bond acceptors (Lipinski definition) is 5. The number of para-hydroxylation sites is 1. The van der Waals surface area contributed by atoms with Crippen LogP contribution in [0.3, 0.4) is 0 Å². The minimum absolute atomic E-state index is 0.215. The SMILES string of the molecule is COc1ccccc1-c1c(C)nc(N)c(C#N)c1-c1cccnc1. The van der Waals surface area contributed by atoms with Gasteiger partial charge in [0.25, 0.3) is 0 Å². The number of benzene rings is 1. The van der Waals surface area contributed by atoms with Gasteiger partial charge in [-0.15, -0.1) is 0 Å². The van der Waals surface area contributed by atoms with Gasteiger partial charge in [-0.2, -0.15) is 5.26 Å². The van der Waals surface area contributed by atoms with Gasteiger partial charge in [-0.1, -0.05) is 24.3 Å². The Morgan fingerprint density at radius 2 is 1.92 bits per heavy atom. The zero-order chi connectivity index (χ0) is 17.1. The van der Waals surface area contributed by atoms with E-state index in [2.05, 4.69) is 16.0 Å². The average Bonchev–Trinajstić information content (AvgIpc) is 2.62. The number of aromatic nitrogens is 2. The van der Waals surface area contributed by atoms with E-state index < -0.39 is 0 Å². The summed E-state index contributed by atoms with van der Waals surface area (Å²) in [6.07, 6.45) is 3.41. The molecule has 2 heterocycles. The van der Waals surface area contributed by atoms with Crippen LogP contribution in [0.25, 0.3) is 22.3 Å². The lowest BCUT2D eigenvalue weighted by molar-refractivity contribution is 0.416. The fourth-order valence-corrected chi connectivity index (χ4v) is 2.82. The van der Waals surface area contributed by atoms with Crippen molar-refractivity contribution >= 4 is 5.82 Å². The van der Waals surface area contributed by atoms with Gasteiger partial charge >= 0.3 is 0 Å². The molecule has 0 aliphatic carbocycles. The maximum absolute atomic E-state index is 9.63. The summed E-state index contributed by atoms with van der Waals surface area (Å²) < 4.78 is 5.49. The molecule has 2 aromatic heterocycles. The second-order valence-corrected chi connectivity index (χ2v) is 5.26. The number of methoxy groups -OCH3 is 1. The molecule has 0 bridgehead atoms. The Balaban J connectivity index is 2.44. The zero-order valence-corrected chi connectivity index (χ0v) is 13.4. The number of pyridine rings is 2. The molecule has 0 fully saturated rings. The van der Waals surface area contributed by atoms with Crippen molar-refractivity contribution < 1.29 is 4.74 Å². The van der Waals surface area contributed by atoms with Crippen molar-refractivity contribution in [2.45, 2.75) is 6.92 Å². The lowest BCUT2D eigenvalue weighted by atomic mass is 9.90. The zero-order valence-electron chi connectivity index (χ0n) is 13.4. The van der Waals surface area contributed by atoms with Gasteiger partial charge < -0.3 is 10.5 Å². The van der Waals surface area contributed by atoms with E-state index >= 15 is 0 Å². The van der Waals surface area contributed by atoms with Crippen LogP contribution in [0.15, 0.2) is 48.8 Å². The number of ether oxygens (including phenoxy) is 1. The number of nitrogens with two attached hydrogens (primary N) is 1. The van der Waals surface area contributed by atoms with Crippen LogP contribution in [0.4, 0.5) is 5.82 Å². The molecule has 0 aliphatic heterocycles. The maximum Gasteiger partial charge on any atom is 0.142 e. The number of hydrogen-bond donors (Lipinski definition) is 1. The van der Waals surface area contributed by atoms with E-state index in [0.29, 0.717) is 11.3 Å². The summed E-state index contributed by atoms with van der Waals surface area (Å²) in [7, 11) is 1.62. The minimum Gasteiger partial charge on any atom is -0.496 e. The molecule has 118 valence electrons. The van der Waals surface area contributed by atoms with Crippen LogP contribution in [0.5, 0.6) is 5.75 Å². The van der Waals surface area contributed by atoms with E-state index in [1.165, 1.54) is 0 Å². The predicted molar refractivity (Wildman–Crippen MR) is 93.3 cm³/mol. The van der Waals surface area contributed by atoms with E-state index in [1.807, 2.05) is 43.3 Å². The van der Waals surface area contributed by atoms with Gasteiger partial charge in [0.15, 0.2) is 0 Å². The monoisotopic (exact) mass is 316 g/mol. The largest absolute Gasteiger partial charge is 0.496 e. The first-order valence-electron chi connectivity index (χ1n) is 7.41. The normalized spacial score (nSPS) is 10.2. The summed E-state index contributed by atoms with van der Waals surface area (Å²) >= 11 is 0. The van der Waals surface area contributed by atoms with Crippen LogP contribution in [0, 0.1) is 18.3 Å². The molecule has 0 saturated carbocycles. The van der Waals surface area contributed by atoms with Gasteiger partial charge in [0, 0.05) is 40.3 Å². The highest BCUT2D eigenvalue weighted by atomic mass is 16.5. The Bertz CT molecular complexity index is 930. The van der Waals surface area contributed by atoms with Crippen LogP contribution in [-0.2, 0) is 0 Å². The second kappa shape index (κ2) is 6.39. The molecule has 0 spiro atoms. The van der Waals surface area contributed by atoms with Gasteiger partial charge in [-0.25, -0.2) is 4.98 Å². The van der Waals surface area contributed by atoms with Gasteiger partial charge in [0.05, 0.1) is 7.11 Å². The molecule has 2 N–H and O–H groups in total. The molecule has 5 nitrogen and oxygen atoms in total. The first-order valence-corrected chi connectivity index (χ1v) is 7.41. The molecule has 0 unspecified atom stereocenters. The van der Waals surface area contributed by atoms with Crippen LogP contribution in [0.2, 0.25) is 0 Å². The van der Waals surface area contributed by atoms with E-state index in [9.17, 15) is 5.26 Å². The van der Waals surface area contributed by atoms with Crippen LogP contribution < -0.4 is 10.5 Å². The topological polar surface area (TPSA) is 84.8 Å². The highest BCUT2D eigenvalue weighted by molar-refractivity contribution is 5.92. The second-order valence-electron chi connectivity index (χ2n) is 5.26. The standard InChI is InChI=1S/C19H16N4O/c1-12-17(14-7-3-4-8-16(14)24-2)18(13-6-5-9-22-11-13)15(10-20)19(21)23-12/h3-9,11H,1-2H3,(H2,21,23). The molecule has 0 atom stereocenters. The third-order valence-corrected chi connectivity index (χ3v) is 3.84. The summed E-state index contributed by atoms with van der Waals surface area (Å²) in [6.45, 7) is 1.87. The lowest BCUT2D eigenvalue weighted by Gasteiger charge is -2.17. The first-order chi connectivity index (χ1) is 11.7.